The van der Waals surface area contributed by atoms with Crippen LogP contribution in [0.15, 0.2) is 0 Å². The molecule has 6 heteroatoms. The van der Waals surface area contributed by atoms with Gasteiger partial charge in [-0.25, -0.2) is 0 Å². The van der Waals surface area contributed by atoms with Crippen molar-refractivity contribution in [2.24, 2.45) is 5.73 Å². The number of carbonyl (C=O) groups is 2. The summed E-state index contributed by atoms with van der Waals surface area (Å²) in [6, 6.07) is -1.29. The first kappa shape index (κ1) is 12.8. The molecule has 4 N–H and O–H groups in total. The number of carboxylic acid groups (broad SMARTS) is 2. The van der Waals surface area contributed by atoms with Gasteiger partial charge in [-0.2, -0.15) is 0 Å². The molecule has 0 fully saturated rings. The van der Waals surface area contributed by atoms with Crippen molar-refractivity contribution in [3.05, 3.63) is 0 Å². The Morgan fingerprint density at radius 2 is 1.80 bits per heavy atom. The SMILES string of the molecule is N[C@@H](CC(=O)O)C(=O)O.[Ca]. The Bertz CT molecular complexity index is 137. The van der Waals surface area contributed by atoms with Crippen LogP contribution in [-0.4, -0.2) is 65.9 Å². The molecule has 0 rings (SSSR count). The monoisotopic (exact) mass is 173 g/mol. The summed E-state index contributed by atoms with van der Waals surface area (Å²) in [6.07, 6.45) is -0.532. The summed E-state index contributed by atoms with van der Waals surface area (Å²) in [5.41, 5.74) is 4.84. The van der Waals surface area contributed by atoms with Crippen molar-refractivity contribution in [1.29, 1.82) is 0 Å². The van der Waals surface area contributed by atoms with E-state index in [9.17, 15) is 9.59 Å². The van der Waals surface area contributed by atoms with Crippen LogP contribution in [0.2, 0.25) is 0 Å². The van der Waals surface area contributed by atoms with Crippen LogP contribution in [0.4, 0.5) is 0 Å². The maximum Gasteiger partial charge on any atom is 0.321 e. The molecule has 0 saturated heterocycles. The number of carboxylic acids is 2. The fourth-order valence-electron chi connectivity index (χ4n) is 0.275. The number of nitrogens with two attached hydrogens (primary N) is 1. The van der Waals surface area contributed by atoms with Crippen LogP contribution >= 0.6 is 0 Å². The van der Waals surface area contributed by atoms with Gasteiger partial charge in [-0.3, -0.25) is 9.59 Å². The number of aliphatic carboxylic acids is 2. The van der Waals surface area contributed by atoms with Crippen LogP contribution in [-0.2, 0) is 9.59 Å². The first-order valence-electron chi connectivity index (χ1n) is 2.24. The summed E-state index contributed by atoms with van der Waals surface area (Å²) < 4.78 is 0. The fraction of sp³-hybridized carbons (Fsp3) is 0.500. The van der Waals surface area contributed by atoms with Crippen LogP contribution in [0.5, 0.6) is 0 Å². The third-order valence-corrected chi connectivity index (χ3v) is 0.712. The number of hydrogen-bond donors (Lipinski definition) is 3. The van der Waals surface area contributed by atoms with Gasteiger partial charge >= 0.3 is 11.9 Å². The molecular weight excluding hydrogens is 166 g/mol. The molecule has 0 aromatic carbocycles. The van der Waals surface area contributed by atoms with E-state index in [4.69, 9.17) is 15.9 Å². The maximum atomic E-state index is 9.85. The summed E-state index contributed by atoms with van der Waals surface area (Å²) in [7, 11) is 0. The van der Waals surface area contributed by atoms with Gasteiger partial charge in [0.2, 0.25) is 0 Å². The second-order valence-corrected chi connectivity index (χ2v) is 1.54. The Morgan fingerprint density at radius 1 is 1.40 bits per heavy atom. The molecule has 0 bridgehead atoms. The molecular formula is C4H7CaNO4. The van der Waals surface area contributed by atoms with E-state index in [0.29, 0.717) is 0 Å². The molecule has 0 amide bonds. The molecule has 0 spiro atoms. The van der Waals surface area contributed by atoms with Gasteiger partial charge in [0.15, 0.2) is 0 Å². The van der Waals surface area contributed by atoms with Gasteiger partial charge in [0, 0.05) is 37.7 Å². The minimum atomic E-state index is -1.29. The van der Waals surface area contributed by atoms with Gasteiger partial charge < -0.3 is 15.9 Å². The molecule has 0 aliphatic heterocycles. The number of rotatable bonds is 3. The molecule has 0 aliphatic rings. The van der Waals surface area contributed by atoms with Crippen molar-refractivity contribution in [1.82, 2.24) is 0 Å². The minimum Gasteiger partial charge on any atom is -0.481 e. The second kappa shape index (κ2) is 5.91. The molecule has 10 heavy (non-hydrogen) atoms. The predicted octanol–water partition coefficient (Wildman–Crippen LogP) is -1.51. The van der Waals surface area contributed by atoms with Gasteiger partial charge in [-0.15, -0.1) is 0 Å². The van der Waals surface area contributed by atoms with Crippen molar-refractivity contribution in [3.63, 3.8) is 0 Å². The topological polar surface area (TPSA) is 101 Å². The Hall–Kier alpha value is 0.160. The molecule has 54 valence electrons. The molecule has 5 nitrogen and oxygen atoms in total. The molecule has 1 atom stereocenters. The van der Waals surface area contributed by atoms with E-state index in [0.717, 1.165) is 0 Å². The van der Waals surface area contributed by atoms with E-state index >= 15 is 0 Å². The summed E-state index contributed by atoms with van der Waals surface area (Å²) in [5.74, 6) is -2.50. The molecule has 0 saturated carbocycles. The molecule has 0 heterocycles. The van der Waals surface area contributed by atoms with Gasteiger partial charge in [-0.05, 0) is 0 Å². The van der Waals surface area contributed by atoms with Crippen LogP contribution in [0.3, 0.4) is 0 Å². The van der Waals surface area contributed by atoms with Crippen LogP contribution in [0, 0.1) is 0 Å². The van der Waals surface area contributed by atoms with E-state index in [1.165, 1.54) is 0 Å². The average Bonchev–Trinajstić information content (AvgIpc) is 1.63. The van der Waals surface area contributed by atoms with E-state index in [1.54, 1.807) is 0 Å². The summed E-state index contributed by atoms with van der Waals surface area (Å²) in [6.45, 7) is 0. The zero-order valence-electron chi connectivity index (χ0n) is 5.28. The van der Waals surface area contributed by atoms with Gasteiger partial charge in [0.1, 0.15) is 6.04 Å². The van der Waals surface area contributed by atoms with Crippen molar-refractivity contribution in [3.8, 4) is 0 Å². The van der Waals surface area contributed by atoms with E-state index in [2.05, 4.69) is 0 Å². The zero-order chi connectivity index (χ0) is 7.44. The normalized spacial score (nSPS) is 11.3. The summed E-state index contributed by atoms with van der Waals surface area (Å²) >= 11 is 0. The molecule has 0 aromatic heterocycles. The first-order chi connectivity index (χ1) is 4.04. The predicted molar refractivity (Wildman–Crippen MR) is 33.6 cm³/mol. The Balaban J connectivity index is 0. The quantitative estimate of drug-likeness (QED) is 0.450. The van der Waals surface area contributed by atoms with Crippen LogP contribution in [0.1, 0.15) is 6.42 Å². The third kappa shape index (κ3) is 6.28. The smallest absolute Gasteiger partial charge is 0.321 e. The van der Waals surface area contributed by atoms with Crippen molar-refractivity contribution in [2.75, 3.05) is 0 Å². The number of hydrogen-bond acceptors (Lipinski definition) is 3. The summed E-state index contributed by atoms with van der Waals surface area (Å²) in [4.78, 5) is 19.6. The molecule has 0 aliphatic carbocycles. The van der Waals surface area contributed by atoms with Crippen molar-refractivity contribution < 1.29 is 19.8 Å². The third-order valence-electron chi connectivity index (χ3n) is 0.712. The zero-order valence-corrected chi connectivity index (χ0v) is 7.49. The Labute approximate surface area is 87.2 Å². The van der Waals surface area contributed by atoms with Crippen molar-refractivity contribution >= 4 is 49.7 Å². The second-order valence-electron chi connectivity index (χ2n) is 1.54. The molecule has 2 radical (unpaired) electrons. The summed E-state index contributed by atoms with van der Waals surface area (Å²) in [5, 5.41) is 16.0. The van der Waals surface area contributed by atoms with E-state index in [1.807, 2.05) is 0 Å². The maximum absolute atomic E-state index is 9.85. The molecule has 0 unspecified atom stereocenters. The van der Waals surface area contributed by atoms with Crippen LogP contribution in [0.25, 0.3) is 0 Å². The standard InChI is InChI=1S/C4H7NO4.Ca/c5-2(4(8)9)1-3(6)7;/h2H,1,5H2,(H,6,7)(H,8,9);/t2-;/m0./s1. The van der Waals surface area contributed by atoms with Crippen molar-refractivity contribution in [2.45, 2.75) is 12.5 Å². The van der Waals surface area contributed by atoms with Crippen LogP contribution < -0.4 is 5.73 Å². The Morgan fingerprint density at radius 3 is 1.90 bits per heavy atom. The van der Waals surface area contributed by atoms with Gasteiger partial charge in [-0.1, -0.05) is 0 Å². The fourth-order valence-corrected chi connectivity index (χ4v) is 0.275. The first-order valence-corrected chi connectivity index (χ1v) is 2.24. The largest absolute Gasteiger partial charge is 0.481 e. The minimum absolute atomic E-state index is 0. The van der Waals surface area contributed by atoms with E-state index < -0.39 is 24.4 Å². The van der Waals surface area contributed by atoms with Gasteiger partial charge in [0.05, 0.1) is 6.42 Å². The molecule has 0 aromatic rings. The Kier molecular flexibility index (Phi) is 7.56. The van der Waals surface area contributed by atoms with E-state index in [-0.39, 0.29) is 37.7 Å². The average molecular weight is 173 g/mol. The van der Waals surface area contributed by atoms with Gasteiger partial charge in [0.25, 0.3) is 0 Å².